The molecule has 0 saturated heterocycles. The Hall–Kier alpha value is -1.40. The number of carbonyl (C=O) groups excluding carboxylic acids is 1. The zero-order valence-corrected chi connectivity index (χ0v) is 17.6. The molecule has 1 rings (SSSR count). The van der Waals surface area contributed by atoms with Gasteiger partial charge in [-0.3, -0.25) is 4.79 Å². The van der Waals surface area contributed by atoms with Crippen molar-refractivity contribution < 1.29 is 13.2 Å². The van der Waals surface area contributed by atoms with Crippen LogP contribution in [0.3, 0.4) is 0 Å². The number of amides is 1. The van der Waals surface area contributed by atoms with E-state index in [0.29, 0.717) is 36.1 Å². The fourth-order valence-electron chi connectivity index (χ4n) is 2.72. The van der Waals surface area contributed by atoms with Crippen LogP contribution in [0.2, 0.25) is 0 Å². The van der Waals surface area contributed by atoms with Crippen LogP contribution in [0.1, 0.15) is 49.2 Å². The van der Waals surface area contributed by atoms with Gasteiger partial charge in [0, 0.05) is 32.7 Å². The summed E-state index contributed by atoms with van der Waals surface area (Å²) in [6.07, 6.45) is 0. The van der Waals surface area contributed by atoms with E-state index in [9.17, 15) is 13.2 Å². The summed E-state index contributed by atoms with van der Waals surface area (Å²) in [6.45, 7) is 13.2. The number of nitrogens with zero attached hydrogens (tertiary/aromatic N) is 2. The second kappa shape index (κ2) is 8.32. The topological polar surface area (TPSA) is 57.7 Å². The van der Waals surface area contributed by atoms with Crippen molar-refractivity contribution in [3.8, 4) is 0 Å². The second-order valence-electron chi connectivity index (χ2n) is 7.70. The minimum Gasteiger partial charge on any atom is -0.338 e. The minimum atomic E-state index is -3.60. The van der Waals surface area contributed by atoms with Gasteiger partial charge < -0.3 is 4.90 Å². The zero-order valence-electron chi connectivity index (χ0n) is 16.8. The standard InChI is InChI=1S/C19H32N2O3S/c1-13(2)11-21(12-14(3)4)19(22)17-9-15(5)16(6)18(10-17)25(23,24)20(7)8/h9-10,13-14H,11-12H2,1-8H3. The molecular formula is C19H32N2O3S. The summed E-state index contributed by atoms with van der Waals surface area (Å²) in [5.74, 6) is 0.583. The number of aryl methyl sites for hydroxylation is 1. The van der Waals surface area contributed by atoms with Crippen molar-refractivity contribution in [2.75, 3.05) is 27.2 Å². The number of rotatable bonds is 7. The van der Waals surface area contributed by atoms with Crippen LogP contribution in [0.25, 0.3) is 0 Å². The van der Waals surface area contributed by atoms with Crippen LogP contribution in [0.4, 0.5) is 0 Å². The second-order valence-corrected chi connectivity index (χ2v) is 9.82. The molecule has 1 amide bonds. The summed E-state index contributed by atoms with van der Waals surface area (Å²) < 4.78 is 26.4. The Bertz CT molecular complexity index is 712. The van der Waals surface area contributed by atoms with Crippen LogP contribution < -0.4 is 0 Å². The molecule has 0 radical (unpaired) electrons. The predicted octanol–water partition coefficient (Wildman–Crippen LogP) is 3.31. The lowest BCUT2D eigenvalue weighted by atomic mass is 10.0. The molecule has 6 heteroatoms. The molecule has 0 aliphatic rings. The monoisotopic (exact) mass is 368 g/mol. The highest BCUT2D eigenvalue weighted by atomic mass is 32.2. The molecule has 0 aromatic heterocycles. The lowest BCUT2D eigenvalue weighted by molar-refractivity contribution is 0.0714. The van der Waals surface area contributed by atoms with Gasteiger partial charge in [0.2, 0.25) is 10.0 Å². The van der Waals surface area contributed by atoms with Gasteiger partial charge in [0.05, 0.1) is 4.90 Å². The molecule has 0 N–H and O–H groups in total. The van der Waals surface area contributed by atoms with Crippen LogP contribution in [-0.2, 0) is 10.0 Å². The van der Waals surface area contributed by atoms with E-state index >= 15 is 0 Å². The third-order valence-electron chi connectivity index (χ3n) is 4.08. The fraction of sp³-hybridized carbons (Fsp3) is 0.632. The van der Waals surface area contributed by atoms with Crippen LogP contribution in [0, 0.1) is 25.7 Å². The van der Waals surface area contributed by atoms with Crippen LogP contribution in [0.5, 0.6) is 0 Å². The Morgan fingerprint density at radius 2 is 1.48 bits per heavy atom. The van der Waals surface area contributed by atoms with E-state index in [-0.39, 0.29) is 10.8 Å². The molecule has 1 aromatic carbocycles. The highest BCUT2D eigenvalue weighted by Crippen LogP contribution is 2.24. The first kappa shape index (κ1) is 21.6. The van der Waals surface area contributed by atoms with Crippen molar-refractivity contribution in [3.63, 3.8) is 0 Å². The maximum absolute atomic E-state index is 13.0. The molecule has 0 unspecified atom stereocenters. The maximum atomic E-state index is 13.0. The molecule has 0 heterocycles. The average Bonchev–Trinajstić information content (AvgIpc) is 2.47. The Morgan fingerprint density at radius 3 is 1.88 bits per heavy atom. The SMILES string of the molecule is Cc1cc(C(=O)N(CC(C)C)CC(C)C)cc(S(=O)(=O)N(C)C)c1C. The quantitative estimate of drug-likeness (QED) is 0.742. The molecule has 5 nitrogen and oxygen atoms in total. The van der Waals surface area contributed by atoms with Gasteiger partial charge in [0.15, 0.2) is 0 Å². The number of sulfonamides is 1. The summed E-state index contributed by atoms with van der Waals surface area (Å²) in [4.78, 5) is 15.1. The molecule has 1 aromatic rings. The number of carbonyl (C=O) groups is 1. The molecule has 142 valence electrons. The lowest BCUT2D eigenvalue weighted by Crippen LogP contribution is -2.37. The summed E-state index contributed by atoms with van der Waals surface area (Å²) in [6, 6.07) is 3.31. The first-order chi connectivity index (χ1) is 11.4. The van der Waals surface area contributed by atoms with Gasteiger partial charge in [-0.1, -0.05) is 27.7 Å². The van der Waals surface area contributed by atoms with Gasteiger partial charge in [0.1, 0.15) is 0 Å². The molecule has 0 atom stereocenters. The summed E-state index contributed by atoms with van der Waals surface area (Å²) in [5, 5.41) is 0. The van der Waals surface area contributed by atoms with Gasteiger partial charge in [-0.2, -0.15) is 0 Å². The summed E-state index contributed by atoms with van der Waals surface area (Å²) >= 11 is 0. The van der Waals surface area contributed by atoms with E-state index in [1.165, 1.54) is 24.5 Å². The predicted molar refractivity (Wildman–Crippen MR) is 102 cm³/mol. The van der Waals surface area contributed by atoms with E-state index in [0.717, 1.165) is 5.56 Å². The van der Waals surface area contributed by atoms with E-state index in [4.69, 9.17) is 0 Å². The maximum Gasteiger partial charge on any atom is 0.253 e. The van der Waals surface area contributed by atoms with Crippen molar-refractivity contribution in [3.05, 3.63) is 28.8 Å². The third-order valence-corrected chi connectivity index (χ3v) is 6.02. The van der Waals surface area contributed by atoms with Crippen molar-refractivity contribution >= 4 is 15.9 Å². The van der Waals surface area contributed by atoms with E-state index < -0.39 is 10.0 Å². The lowest BCUT2D eigenvalue weighted by Gasteiger charge is -2.27. The number of hydrogen-bond donors (Lipinski definition) is 0. The molecule has 0 saturated carbocycles. The molecule has 0 aliphatic carbocycles. The van der Waals surface area contributed by atoms with Gasteiger partial charge in [-0.25, -0.2) is 12.7 Å². The Morgan fingerprint density at radius 1 is 1.00 bits per heavy atom. The average molecular weight is 369 g/mol. The van der Waals surface area contributed by atoms with E-state index in [1.54, 1.807) is 13.0 Å². The van der Waals surface area contributed by atoms with Gasteiger partial charge >= 0.3 is 0 Å². The smallest absolute Gasteiger partial charge is 0.253 e. The van der Waals surface area contributed by atoms with E-state index in [2.05, 4.69) is 27.7 Å². The third kappa shape index (κ3) is 5.28. The minimum absolute atomic E-state index is 0.110. The van der Waals surface area contributed by atoms with Gasteiger partial charge in [-0.15, -0.1) is 0 Å². The Balaban J connectivity index is 3.41. The van der Waals surface area contributed by atoms with Crippen LogP contribution >= 0.6 is 0 Å². The van der Waals surface area contributed by atoms with Crippen LogP contribution in [0.15, 0.2) is 17.0 Å². The molecule has 0 fully saturated rings. The first-order valence-corrected chi connectivity index (χ1v) is 10.1. The fourth-order valence-corrected chi connectivity index (χ4v) is 3.94. The highest BCUT2D eigenvalue weighted by molar-refractivity contribution is 7.89. The largest absolute Gasteiger partial charge is 0.338 e. The van der Waals surface area contributed by atoms with Crippen molar-refractivity contribution in [1.82, 2.24) is 9.21 Å². The summed E-state index contributed by atoms with van der Waals surface area (Å²) in [5.41, 5.74) is 1.93. The molecule has 0 aliphatic heterocycles. The molecule has 0 bridgehead atoms. The van der Waals surface area contributed by atoms with Gasteiger partial charge in [-0.05, 0) is 48.9 Å². The Kier molecular flexibility index (Phi) is 7.20. The normalized spacial score (nSPS) is 12.3. The van der Waals surface area contributed by atoms with Crippen molar-refractivity contribution in [2.24, 2.45) is 11.8 Å². The number of hydrogen-bond acceptors (Lipinski definition) is 3. The highest BCUT2D eigenvalue weighted by Gasteiger charge is 2.25. The van der Waals surface area contributed by atoms with Crippen molar-refractivity contribution in [2.45, 2.75) is 46.4 Å². The summed E-state index contributed by atoms with van der Waals surface area (Å²) in [7, 11) is -0.590. The van der Waals surface area contributed by atoms with Crippen molar-refractivity contribution in [1.29, 1.82) is 0 Å². The Labute approximate surface area is 153 Å². The molecular weight excluding hydrogens is 336 g/mol. The zero-order chi connectivity index (χ0) is 19.5. The first-order valence-electron chi connectivity index (χ1n) is 8.71. The molecule has 0 spiro atoms. The molecule has 25 heavy (non-hydrogen) atoms. The number of benzene rings is 1. The van der Waals surface area contributed by atoms with Crippen LogP contribution in [-0.4, -0.2) is 50.7 Å². The van der Waals surface area contributed by atoms with E-state index in [1.807, 2.05) is 11.8 Å². The van der Waals surface area contributed by atoms with Gasteiger partial charge in [0.25, 0.3) is 5.91 Å².